The maximum atomic E-state index is 13.5. The normalized spacial score (nSPS) is 15.1. The number of benzene rings is 1. The van der Waals surface area contributed by atoms with Crippen molar-refractivity contribution in [2.75, 3.05) is 13.1 Å². The molecule has 18 heavy (non-hydrogen) atoms. The Hall–Kier alpha value is -1.22. The van der Waals surface area contributed by atoms with Crippen LogP contribution in [0.25, 0.3) is 0 Å². The second kappa shape index (κ2) is 6.10. The van der Waals surface area contributed by atoms with E-state index in [0.29, 0.717) is 12.6 Å². The number of ketones is 1. The molecule has 1 aliphatic carbocycles. The largest absolute Gasteiger partial charge is 0.293 e. The molecule has 0 unspecified atom stereocenters. The van der Waals surface area contributed by atoms with E-state index in [1.165, 1.54) is 18.9 Å². The van der Waals surface area contributed by atoms with Crippen molar-refractivity contribution >= 4 is 5.78 Å². The molecule has 0 N–H and O–H groups in total. The van der Waals surface area contributed by atoms with Gasteiger partial charge in [0.25, 0.3) is 0 Å². The Kier molecular flexibility index (Phi) is 4.48. The second-order valence-corrected chi connectivity index (χ2v) is 4.96. The zero-order valence-electron chi connectivity index (χ0n) is 10.9. The van der Waals surface area contributed by atoms with Crippen molar-refractivity contribution in [3.05, 3.63) is 35.6 Å². The second-order valence-electron chi connectivity index (χ2n) is 4.96. The van der Waals surface area contributed by atoms with Gasteiger partial charge >= 0.3 is 0 Å². The van der Waals surface area contributed by atoms with Crippen molar-refractivity contribution < 1.29 is 9.18 Å². The third-order valence-corrected chi connectivity index (χ3v) is 3.38. The number of carbonyl (C=O) groups excluding carboxylic acids is 1. The summed E-state index contributed by atoms with van der Waals surface area (Å²) in [4.78, 5) is 14.3. The van der Waals surface area contributed by atoms with Crippen LogP contribution in [0.2, 0.25) is 0 Å². The molecule has 2 nitrogen and oxygen atoms in total. The van der Waals surface area contributed by atoms with Crippen LogP contribution in [0, 0.1) is 5.82 Å². The van der Waals surface area contributed by atoms with E-state index in [1.807, 2.05) is 0 Å². The van der Waals surface area contributed by atoms with Crippen LogP contribution in [0.5, 0.6) is 0 Å². The van der Waals surface area contributed by atoms with Gasteiger partial charge in [0.1, 0.15) is 5.82 Å². The summed E-state index contributed by atoms with van der Waals surface area (Å²) in [7, 11) is 0. The molecule has 2 rings (SSSR count). The van der Waals surface area contributed by atoms with Crippen LogP contribution in [0.4, 0.5) is 4.39 Å². The van der Waals surface area contributed by atoms with Gasteiger partial charge in [-0.1, -0.05) is 25.5 Å². The maximum Gasteiger partial charge on any atom is 0.179 e. The lowest BCUT2D eigenvalue weighted by Gasteiger charge is -2.20. The Balaban J connectivity index is 1.98. The van der Waals surface area contributed by atoms with E-state index in [2.05, 4.69) is 11.8 Å². The Morgan fingerprint density at radius 1 is 1.39 bits per heavy atom. The molecule has 0 heterocycles. The highest BCUT2D eigenvalue weighted by molar-refractivity contribution is 5.97. The SMILES string of the molecule is CCCCN(CC(=O)c1ccccc1F)C1CC1. The molecule has 1 aromatic rings. The number of Topliss-reactive ketones (excluding diaryl/α,β-unsaturated/α-hetero) is 1. The van der Waals surface area contributed by atoms with Crippen LogP contribution < -0.4 is 0 Å². The molecule has 0 aliphatic heterocycles. The molecule has 1 fully saturated rings. The molecule has 0 spiro atoms. The summed E-state index contributed by atoms with van der Waals surface area (Å²) in [5.41, 5.74) is 0.222. The lowest BCUT2D eigenvalue weighted by Crippen LogP contribution is -2.33. The first-order chi connectivity index (χ1) is 8.72. The number of unbranched alkanes of at least 4 members (excludes halogenated alkanes) is 1. The molecule has 0 aromatic heterocycles. The van der Waals surface area contributed by atoms with Gasteiger partial charge in [-0.2, -0.15) is 0 Å². The van der Waals surface area contributed by atoms with Gasteiger partial charge in [-0.25, -0.2) is 4.39 Å². The minimum absolute atomic E-state index is 0.101. The monoisotopic (exact) mass is 249 g/mol. The van der Waals surface area contributed by atoms with Crippen molar-refractivity contribution in [3.63, 3.8) is 0 Å². The fraction of sp³-hybridized carbons (Fsp3) is 0.533. The Morgan fingerprint density at radius 2 is 2.11 bits per heavy atom. The van der Waals surface area contributed by atoms with Crippen LogP contribution in [-0.4, -0.2) is 29.8 Å². The van der Waals surface area contributed by atoms with Crippen molar-refractivity contribution in [3.8, 4) is 0 Å². The van der Waals surface area contributed by atoms with Crippen molar-refractivity contribution in [1.29, 1.82) is 0 Å². The summed E-state index contributed by atoms with van der Waals surface area (Å²) in [6, 6.07) is 6.79. The first-order valence-corrected chi connectivity index (χ1v) is 6.74. The number of carbonyl (C=O) groups is 1. The Bertz CT molecular complexity index is 415. The average Bonchev–Trinajstić information content (AvgIpc) is 3.19. The van der Waals surface area contributed by atoms with Gasteiger partial charge in [0, 0.05) is 6.04 Å². The highest BCUT2D eigenvalue weighted by Crippen LogP contribution is 2.27. The zero-order valence-corrected chi connectivity index (χ0v) is 10.9. The smallest absolute Gasteiger partial charge is 0.179 e. The molecule has 0 bridgehead atoms. The van der Waals surface area contributed by atoms with E-state index in [4.69, 9.17) is 0 Å². The molecule has 0 amide bonds. The highest BCUT2D eigenvalue weighted by atomic mass is 19.1. The molecule has 1 aliphatic rings. The van der Waals surface area contributed by atoms with Crippen LogP contribution in [0.1, 0.15) is 43.0 Å². The predicted octanol–water partition coefficient (Wildman–Crippen LogP) is 3.27. The van der Waals surface area contributed by atoms with E-state index in [9.17, 15) is 9.18 Å². The van der Waals surface area contributed by atoms with Crippen molar-refractivity contribution in [2.45, 2.75) is 38.6 Å². The predicted molar refractivity (Wildman–Crippen MR) is 70.2 cm³/mol. The minimum atomic E-state index is -0.409. The van der Waals surface area contributed by atoms with Gasteiger partial charge < -0.3 is 0 Å². The lowest BCUT2D eigenvalue weighted by atomic mass is 10.1. The van der Waals surface area contributed by atoms with Gasteiger partial charge in [-0.05, 0) is 37.9 Å². The first kappa shape index (κ1) is 13.2. The van der Waals surface area contributed by atoms with Crippen molar-refractivity contribution in [2.24, 2.45) is 0 Å². The Labute approximate surface area is 108 Å². The van der Waals surface area contributed by atoms with E-state index in [1.54, 1.807) is 18.2 Å². The van der Waals surface area contributed by atoms with Gasteiger partial charge in [0.05, 0.1) is 12.1 Å². The maximum absolute atomic E-state index is 13.5. The molecular weight excluding hydrogens is 229 g/mol. The number of hydrogen-bond donors (Lipinski definition) is 0. The summed E-state index contributed by atoms with van der Waals surface area (Å²) < 4.78 is 13.5. The molecule has 0 saturated heterocycles. The quantitative estimate of drug-likeness (QED) is 0.691. The van der Waals surface area contributed by atoms with Crippen LogP contribution in [0.15, 0.2) is 24.3 Å². The lowest BCUT2D eigenvalue weighted by molar-refractivity contribution is 0.0919. The third-order valence-electron chi connectivity index (χ3n) is 3.38. The van der Waals surface area contributed by atoms with E-state index in [0.717, 1.165) is 19.4 Å². The number of rotatable bonds is 7. The summed E-state index contributed by atoms with van der Waals surface area (Å²) >= 11 is 0. The van der Waals surface area contributed by atoms with Crippen LogP contribution in [-0.2, 0) is 0 Å². The molecule has 1 aromatic carbocycles. The van der Waals surface area contributed by atoms with Gasteiger partial charge in [-0.15, -0.1) is 0 Å². The molecular formula is C15H20FNO. The van der Waals surface area contributed by atoms with Gasteiger partial charge in [0.15, 0.2) is 5.78 Å². The molecule has 1 saturated carbocycles. The Morgan fingerprint density at radius 3 is 2.72 bits per heavy atom. The van der Waals surface area contributed by atoms with Gasteiger partial charge in [0.2, 0.25) is 0 Å². The average molecular weight is 249 g/mol. The minimum Gasteiger partial charge on any atom is -0.293 e. The van der Waals surface area contributed by atoms with Gasteiger partial charge in [-0.3, -0.25) is 9.69 Å². The topological polar surface area (TPSA) is 20.3 Å². The van der Waals surface area contributed by atoms with E-state index in [-0.39, 0.29) is 11.3 Å². The fourth-order valence-corrected chi connectivity index (χ4v) is 2.15. The summed E-state index contributed by atoms with van der Waals surface area (Å²) in [5.74, 6) is -0.509. The standard InChI is InChI=1S/C15H20FNO/c1-2-3-10-17(12-8-9-12)11-15(18)13-6-4-5-7-14(13)16/h4-7,12H,2-3,8-11H2,1H3. The van der Waals surface area contributed by atoms with Crippen LogP contribution in [0.3, 0.4) is 0 Å². The molecule has 98 valence electrons. The fourth-order valence-electron chi connectivity index (χ4n) is 2.15. The van der Waals surface area contributed by atoms with Crippen LogP contribution >= 0.6 is 0 Å². The molecule has 0 radical (unpaired) electrons. The zero-order chi connectivity index (χ0) is 13.0. The molecule has 0 atom stereocenters. The van der Waals surface area contributed by atoms with Crippen molar-refractivity contribution in [1.82, 2.24) is 4.90 Å². The third kappa shape index (κ3) is 3.39. The number of halogens is 1. The molecule has 3 heteroatoms. The highest BCUT2D eigenvalue weighted by Gasteiger charge is 2.30. The summed E-state index contributed by atoms with van der Waals surface area (Å²) in [6.07, 6.45) is 4.57. The van der Waals surface area contributed by atoms with E-state index >= 15 is 0 Å². The number of hydrogen-bond acceptors (Lipinski definition) is 2. The first-order valence-electron chi connectivity index (χ1n) is 6.74. The summed E-state index contributed by atoms with van der Waals surface area (Å²) in [6.45, 7) is 3.44. The number of nitrogens with zero attached hydrogens (tertiary/aromatic N) is 1. The summed E-state index contributed by atoms with van der Waals surface area (Å²) in [5, 5.41) is 0. The van der Waals surface area contributed by atoms with E-state index < -0.39 is 5.82 Å².